The second-order valence-corrected chi connectivity index (χ2v) is 5.22. The lowest BCUT2D eigenvalue weighted by molar-refractivity contribution is 0.550. The smallest absolute Gasteiger partial charge is 0.0441 e. The fraction of sp³-hybridized carbons (Fsp3) is 0.312. The predicted octanol–water partition coefficient (Wildman–Crippen LogP) is 3.42. The largest absolute Gasteiger partial charge is 0.316 e. The van der Waals surface area contributed by atoms with Gasteiger partial charge in [-0.3, -0.25) is 4.98 Å². The van der Waals surface area contributed by atoms with E-state index in [2.05, 4.69) is 35.4 Å². The summed E-state index contributed by atoms with van der Waals surface area (Å²) >= 11 is 6.29. The molecule has 1 aromatic heterocycles. The van der Waals surface area contributed by atoms with Crippen LogP contribution in [-0.2, 0) is 12.8 Å². The number of halogens is 1. The van der Waals surface area contributed by atoms with Crippen molar-refractivity contribution in [3.05, 3.63) is 64.4 Å². The van der Waals surface area contributed by atoms with Gasteiger partial charge in [0.15, 0.2) is 0 Å². The number of hydrogen-bond acceptors (Lipinski definition) is 2. The fourth-order valence-corrected chi connectivity index (χ4v) is 2.44. The highest BCUT2D eigenvalue weighted by Gasteiger charge is 2.11. The van der Waals surface area contributed by atoms with Gasteiger partial charge in [0.1, 0.15) is 0 Å². The summed E-state index contributed by atoms with van der Waals surface area (Å²) in [5.41, 5.74) is 3.48. The standard InChI is InChI=1S/C16H19ClN2/c1-12-6-7-13(16(17)9-12)10-15(18-2)11-14-5-3-4-8-19-14/h3-9,15,18H,10-11H2,1-2H3. The lowest BCUT2D eigenvalue weighted by Gasteiger charge is -2.17. The van der Waals surface area contributed by atoms with Gasteiger partial charge in [-0.05, 0) is 49.7 Å². The van der Waals surface area contributed by atoms with Crippen LogP contribution in [0.2, 0.25) is 5.02 Å². The number of aryl methyl sites for hydroxylation is 1. The van der Waals surface area contributed by atoms with Crippen LogP contribution in [0.25, 0.3) is 0 Å². The van der Waals surface area contributed by atoms with Crippen molar-refractivity contribution in [2.24, 2.45) is 0 Å². The summed E-state index contributed by atoms with van der Waals surface area (Å²) in [6, 6.07) is 12.6. The molecule has 1 aromatic carbocycles. The maximum absolute atomic E-state index is 6.29. The topological polar surface area (TPSA) is 24.9 Å². The number of likely N-dealkylation sites (N-methyl/N-ethyl adjacent to an activating group) is 1. The van der Waals surface area contributed by atoms with Crippen LogP contribution in [-0.4, -0.2) is 18.1 Å². The molecule has 0 saturated heterocycles. The van der Waals surface area contributed by atoms with Crippen LogP contribution in [0.3, 0.4) is 0 Å². The van der Waals surface area contributed by atoms with E-state index in [4.69, 9.17) is 11.6 Å². The number of rotatable bonds is 5. The molecule has 0 spiro atoms. The summed E-state index contributed by atoms with van der Waals surface area (Å²) in [7, 11) is 1.98. The van der Waals surface area contributed by atoms with Crippen LogP contribution in [0.5, 0.6) is 0 Å². The monoisotopic (exact) mass is 274 g/mol. The Morgan fingerprint density at radius 3 is 2.68 bits per heavy atom. The van der Waals surface area contributed by atoms with Gasteiger partial charge >= 0.3 is 0 Å². The van der Waals surface area contributed by atoms with E-state index in [1.165, 1.54) is 11.1 Å². The second-order valence-electron chi connectivity index (χ2n) is 4.81. The molecule has 1 N–H and O–H groups in total. The molecular weight excluding hydrogens is 256 g/mol. The van der Waals surface area contributed by atoms with Crippen molar-refractivity contribution in [3.63, 3.8) is 0 Å². The maximum Gasteiger partial charge on any atom is 0.0441 e. The van der Waals surface area contributed by atoms with Gasteiger partial charge in [0, 0.05) is 29.4 Å². The average molecular weight is 275 g/mol. The van der Waals surface area contributed by atoms with Crippen molar-refractivity contribution in [3.8, 4) is 0 Å². The Bertz CT molecular complexity index is 526. The highest BCUT2D eigenvalue weighted by atomic mass is 35.5. The van der Waals surface area contributed by atoms with Gasteiger partial charge in [-0.15, -0.1) is 0 Å². The quantitative estimate of drug-likeness (QED) is 0.904. The molecule has 0 radical (unpaired) electrons. The highest BCUT2D eigenvalue weighted by molar-refractivity contribution is 6.31. The average Bonchev–Trinajstić information content (AvgIpc) is 2.42. The van der Waals surface area contributed by atoms with Gasteiger partial charge in [0.25, 0.3) is 0 Å². The minimum atomic E-state index is 0.343. The van der Waals surface area contributed by atoms with Gasteiger partial charge in [-0.25, -0.2) is 0 Å². The Morgan fingerprint density at radius 2 is 2.05 bits per heavy atom. The first kappa shape index (κ1) is 14.0. The van der Waals surface area contributed by atoms with Gasteiger partial charge < -0.3 is 5.32 Å². The summed E-state index contributed by atoms with van der Waals surface area (Å²) in [5.74, 6) is 0. The first-order chi connectivity index (χ1) is 9.19. The van der Waals surface area contributed by atoms with Crippen LogP contribution >= 0.6 is 11.6 Å². The minimum absolute atomic E-state index is 0.343. The molecule has 0 fully saturated rings. The van der Waals surface area contributed by atoms with Crippen molar-refractivity contribution >= 4 is 11.6 Å². The van der Waals surface area contributed by atoms with Crippen LogP contribution in [0, 0.1) is 6.92 Å². The van der Waals surface area contributed by atoms with Crippen molar-refractivity contribution in [1.82, 2.24) is 10.3 Å². The van der Waals surface area contributed by atoms with E-state index in [9.17, 15) is 0 Å². The molecule has 2 nitrogen and oxygen atoms in total. The van der Waals surface area contributed by atoms with E-state index in [0.717, 1.165) is 23.6 Å². The zero-order valence-corrected chi connectivity index (χ0v) is 12.1. The first-order valence-corrected chi connectivity index (χ1v) is 6.89. The third-order valence-corrected chi connectivity index (χ3v) is 3.62. The number of nitrogens with one attached hydrogen (secondary N) is 1. The minimum Gasteiger partial charge on any atom is -0.316 e. The van der Waals surface area contributed by atoms with Crippen LogP contribution in [0.4, 0.5) is 0 Å². The molecule has 2 aromatic rings. The summed E-state index contributed by atoms with van der Waals surface area (Å²) in [6.45, 7) is 2.05. The second kappa shape index (κ2) is 6.69. The molecule has 0 bridgehead atoms. The summed E-state index contributed by atoms with van der Waals surface area (Å²) < 4.78 is 0. The first-order valence-electron chi connectivity index (χ1n) is 6.51. The van der Waals surface area contributed by atoms with Gasteiger partial charge in [0.05, 0.1) is 0 Å². The van der Waals surface area contributed by atoms with Crippen LogP contribution < -0.4 is 5.32 Å². The molecule has 0 aliphatic heterocycles. The lowest BCUT2D eigenvalue weighted by Crippen LogP contribution is -2.30. The molecule has 1 unspecified atom stereocenters. The molecular formula is C16H19ClN2. The number of benzene rings is 1. The predicted molar refractivity (Wildman–Crippen MR) is 80.7 cm³/mol. The number of pyridine rings is 1. The van der Waals surface area contributed by atoms with Gasteiger partial charge in [0.2, 0.25) is 0 Å². The third-order valence-electron chi connectivity index (χ3n) is 3.26. The SMILES string of the molecule is CNC(Cc1ccccn1)Cc1ccc(C)cc1Cl. The molecule has 1 heterocycles. The Balaban J connectivity index is 2.06. The van der Waals surface area contributed by atoms with E-state index < -0.39 is 0 Å². The van der Waals surface area contributed by atoms with Gasteiger partial charge in [-0.2, -0.15) is 0 Å². The molecule has 2 rings (SSSR count). The van der Waals surface area contributed by atoms with Crippen molar-refractivity contribution in [1.29, 1.82) is 0 Å². The Hall–Kier alpha value is -1.38. The van der Waals surface area contributed by atoms with E-state index in [-0.39, 0.29) is 0 Å². The van der Waals surface area contributed by atoms with E-state index in [1.54, 1.807) is 0 Å². The zero-order chi connectivity index (χ0) is 13.7. The Kier molecular flexibility index (Phi) is 4.94. The molecule has 19 heavy (non-hydrogen) atoms. The van der Waals surface area contributed by atoms with E-state index in [1.807, 2.05) is 31.4 Å². The summed E-state index contributed by atoms with van der Waals surface area (Å²) in [6.07, 6.45) is 3.65. The number of nitrogens with zero attached hydrogens (tertiary/aromatic N) is 1. The fourth-order valence-electron chi connectivity index (χ4n) is 2.13. The van der Waals surface area contributed by atoms with Crippen molar-refractivity contribution < 1.29 is 0 Å². The van der Waals surface area contributed by atoms with Crippen molar-refractivity contribution in [2.45, 2.75) is 25.8 Å². The lowest BCUT2D eigenvalue weighted by atomic mass is 10.0. The maximum atomic E-state index is 6.29. The van der Waals surface area contributed by atoms with E-state index >= 15 is 0 Å². The molecule has 0 aliphatic carbocycles. The molecule has 0 aliphatic rings. The van der Waals surface area contributed by atoms with Crippen molar-refractivity contribution in [2.75, 3.05) is 7.05 Å². The molecule has 100 valence electrons. The zero-order valence-electron chi connectivity index (χ0n) is 11.4. The molecule has 0 amide bonds. The Morgan fingerprint density at radius 1 is 1.21 bits per heavy atom. The highest BCUT2D eigenvalue weighted by Crippen LogP contribution is 2.19. The molecule has 3 heteroatoms. The normalized spacial score (nSPS) is 12.4. The third kappa shape index (κ3) is 4.05. The van der Waals surface area contributed by atoms with Crippen LogP contribution in [0.15, 0.2) is 42.6 Å². The summed E-state index contributed by atoms with van der Waals surface area (Å²) in [5, 5.41) is 4.19. The molecule has 1 atom stereocenters. The molecule has 0 saturated carbocycles. The van der Waals surface area contributed by atoms with Gasteiger partial charge in [-0.1, -0.05) is 29.8 Å². The summed E-state index contributed by atoms with van der Waals surface area (Å²) in [4.78, 5) is 4.37. The number of aromatic nitrogens is 1. The van der Waals surface area contributed by atoms with Crippen LogP contribution in [0.1, 0.15) is 16.8 Å². The van der Waals surface area contributed by atoms with E-state index in [0.29, 0.717) is 6.04 Å². The Labute approximate surface area is 119 Å². The number of hydrogen-bond donors (Lipinski definition) is 1.